The standard InChI is InChI=1S/C11H20N2O2/c1-4-7-12-10-11(14)13(5-2)8-9-15-6-3/h1,12H,5-10H2,2-3H3. The molecular formula is C11H20N2O2. The van der Waals surface area contributed by atoms with Crippen molar-refractivity contribution in [3.05, 3.63) is 0 Å². The van der Waals surface area contributed by atoms with Crippen LogP contribution in [0.2, 0.25) is 0 Å². The van der Waals surface area contributed by atoms with Crippen molar-refractivity contribution >= 4 is 5.91 Å². The molecule has 0 aromatic rings. The molecule has 0 heterocycles. The van der Waals surface area contributed by atoms with Crippen molar-refractivity contribution in [1.82, 2.24) is 10.2 Å². The Morgan fingerprint density at radius 3 is 2.80 bits per heavy atom. The molecule has 0 aliphatic carbocycles. The minimum atomic E-state index is 0.0625. The molecule has 0 bridgehead atoms. The summed E-state index contributed by atoms with van der Waals surface area (Å²) in [4.78, 5) is 13.3. The first-order valence-electron chi connectivity index (χ1n) is 5.25. The van der Waals surface area contributed by atoms with E-state index in [1.165, 1.54) is 0 Å². The molecular weight excluding hydrogens is 192 g/mol. The van der Waals surface area contributed by atoms with Crippen LogP contribution in [0.4, 0.5) is 0 Å². The summed E-state index contributed by atoms with van der Waals surface area (Å²) in [6.45, 7) is 7.22. The van der Waals surface area contributed by atoms with Gasteiger partial charge in [0.2, 0.25) is 5.91 Å². The van der Waals surface area contributed by atoms with Gasteiger partial charge in [-0.3, -0.25) is 10.1 Å². The van der Waals surface area contributed by atoms with Crippen LogP contribution >= 0.6 is 0 Å². The first kappa shape index (κ1) is 13.9. The summed E-state index contributed by atoms with van der Waals surface area (Å²) in [5.41, 5.74) is 0. The van der Waals surface area contributed by atoms with Gasteiger partial charge in [-0.05, 0) is 13.8 Å². The number of hydrogen-bond donors (Lipinski definition) is 1. The van der Waals surface area contributed by atoms with Gasteiger partial charge in [0.25, 0.3) is 0 Å². The molecule has 0 radical (unpaired) electrons. The Kier molecular flexibility index (Phi) is 8.84. The van der Waals surface area contributed by atoms with Crippen LogP contribution in [0.1, 0.15) is 13.8 Å². The van der Waals surface area contributed by atoms with Gasteiger partial charge in [0.15, 0.2) is 0 Å². The predicted molar refractivity (Wildman–Crippen MR) is 60.4 cm³/mol. The number of rotatable bonds is 8. The highest BCUT2D eigenvalue weighted by Gasteiger charge is 2.09. The van der Waals surface area contributed by atoms with Crippen LogP contribution in [0.5, 0.6) is 0 Å². The third-order valence-electron chi connectivity index (χ3n) is 1.95. The van der Waals surface area contributed by atoms with Gasteiger partial charge < -0.3 is 9.64 Å². The monoisotopic (exact) mass is 212 g/mol. The Morgan fingerprint density at radius 2 is 2.27 bits per heavy atom. The smallest absolute Gasteiger partial charge is 0.236 e. The SMILES string of the molecule is C#CCNCC(=O)N(CC)CCOCC. The maximum Gasteiger partial charge on any atom is 0.236 e. The Balaban J connectivity index is 3.73. The van der Waals surface area contributed by atoms with Gasteiger partial charge in [-0.25, -0.2) is 0 Å². The minimum absolute atomic E-state index is 0.0625. The first-order valence-corrected chi connectivity index (χ1v) is 5.25. The van der Waals surface area contributed by atoms with E-state index in [0.717, 1.165) is 0 Å². The topological polar surface area (TPSA) is 41.6 Å². The normalized spacial score (nSPS) is 9.67. The number of likely N-dealkylation sites (N-methyl/N-ethyl adjacent to an activating group) is 1. The van der Waals surface area contributed by atoms with Crippen molar-refractivity contribution in [1.29, 1.82) is 0 Å². The van der Waals surface area contributed by atoms with Gasteiger partial charge >= 0.3 is 0 Å². The fourth-order valence-corrected chi connectivity index (χ4v) is 1.13. The number of terminal acetylenes is 1. The molecule has 0 aliphatic heterocycles. The third kappa shape index (κ3) is 6.95. The highest BCUT2D eigenvalue weighted by Crippen LogP contribution is 1.89. The molecule has 0 spiro atoms. The predicted octanol–water partition coefficient (Wildman–Crippen LogP) is 0.0942. The molecule has 0 aliphatic rings. The van der Waals surface area contributed by atoms with Crippen LogP contribution in [-0.2, 0) is 9.53 Å². The molecule has 0 unspecified atom stereocenters. The zero-order valence-corrected chi connectivity index (χ0v) is 9.58. The number of nitrogens with one attached hydrogen (secondary N) is 1. The lowest BCUT2D eigenvalue weighted by Gasteiger charge is -2.20. The van der Waals surface area contributed by atoms with Crippen LogP contribution < -0.4 is 5.32 Å². The van der Waals surface area contributed by atoms with Crippen LogP contribution in [0.3, 0.4) is 0 Å². The highest BCUT2D eigenvalue weighted by atomic mass is 16.5. The molecule has 0 rings (SSSR count). The first-order chi connectivity index (χ1) is 7.26. The average Bonchev–Trinajstić information content (AvgIpc) is 2.24. The van der Waals surface area contributed by atoms with Gasteiger partial charge in [-0.1, -0.05) is 5.92 Å². The molecule has 1 amide bonds. The van der Waals surface area contributed by atoms with Gasteiger partial charge in [-0.2, -0.15) is 0 Å². The van der Waals surface area contributed by atoms with Crippen molar-refractivity contribution in [2.75, 3.05) is 39.4 Å². The Morgan fingerprint density at radius 1 is 1.53 bits per heavy atom. The van der Waals surface area contributed by atoms with Crippen molar-refractivity contribution in [3.63, 3.8) is 0 Å². The van der Waals surface area contributed by atoms with Gasteiger partial charge in [0.05, 0.1) is 19.7 Å². The molecule has 86 valence electrons. The third-order valence-corrected chi connectivity index (χ3v) is 1.95. The van der Waals surface area contributed by atoms with E-state index >= 15 is 0 Å². The lowest BCUT2D eigenvalue weighted by molar-refractivity contribution is -0.130. The number of amides is 1. The summed E-state index contributed by atoms with van der Waals surface area (Å²) in [6.07, 6.45) is 5.06. The van der Waals surface area contributed by atoms with Crippen molar-refractivity contribution in [2.45, 2.75) is 13.8 Å². The van der Waals surface area contributed by atoms with Crippen LogP contribution in [-0.4, -0.2) is 50.2 Å². The summed E-state index contributed by atoms with van der Waals surface area (Å²) >= 11 is 0. The lowest BCUT2D eigenvalue weighted by Crippen LogP contribution is -2.40. The van der Waals surface area contributed by atoms with Gasteiger partial charge in [-0.15, -0.1) is 6.42 Å². The maximum absolute atomic E-state index is 11.6. The largest absolute Gasteiger partial charge is 0.380 e. The number of carbonyl (C=O) groups is 1. The molecule has 15 heavy (non-hydrogen) atoms. The van der Waals surface area contributed by atoms with Crippen molar-refractivity contribution in [3.8, 4) is 12.3 Å². The second-order valence-corrected chi connectivity index (χ2v) is 2.98. The Labute approximate surface area is 92.0 Å². The zero-order valence-electron chi connectivity index (χ0n) is 9.58. The van der Waals surface area contributed by atoms with Crippen molar-refractivity contribution in [2.24, 2.45) is 0 Å². The molecule has 0 atom stereocenters. The van der Waals surface area contributed by atoms with Gasteiger partial charge in [0, 0.05) is 19.7 Å². The van der Waals surface area contributed by atoms with E-state index in [9.17, 15) is 4.79 Å². The summed E-state index contributed by atoms with van der Waals surface area (Å²) in [5, 5.41) is 2.87. The second-order valence-electron chi connectivity index (χ2n) is 2.98. The van der Waals surface area contributed by atoms with Crippen LogP contribution in [0, 0.1) is 12.3 Å². The van der Waals surface area contributed by atoms with E-state index in [2.05, 4.69) is 11.2 Å². The quantitative estimate of drug-likeness (QED) is 0.458. The van der Waals surface area contributed by atoms with E-state index in [0.29, 0.717) is 39.4 Å². The van der Waals surface area contributed by atoms with Crippen LogP contribution in [0.15, 0.2) is 0 Å². The van der Waals surface area contributed by atoms with E-state index in [4.69, 9.17) is 11.2 Å². The molecule has 0 saturated carbocycles. The number of nitrogens with zero attached hydrogens (tertiary/aromatic N) is 1. The van der Waals surface area contributed by atoms with E-state index in [1.807, 2.05) is 13.8 Å². The molecule has 4 nitrogen and oxygen atoms in total. The fraction of sp³-hybridized carbons (Fsp3) is 0.727. The number of ether oxygens (including phenoxy) is 1. The molecule has 4 heteroatoms. The average molecular weight is 212 g/mol. The molecule has 1 N–H and O–H groups in total. The van der Waals surface area contributed by atoms with E-state index < -0.39 is 0 Å². The Hall–Kier alpha value is -1.05. The molecule has 0 saturated heterocycles. The van der Waals surface area contributed by atoms with E-state index in [-0.39, 0.29) is 5.91 Å². The van der Waals surface area contributed by atoms with Crippen LogP contribution in [0.25, 0.3) is 0 Å². The summed E-state index contributed by atoms with van der Waals surface area (Å²) in [7, 11) is 0. The molecule has 0 aromatic carbocycles. The highest BCUT2D eigenvalue weighted by molar-refractivity contribution is 5.78. The summed E-state index contributed by atoms with van der Waals surface area (Å²) < 4.78 is 5.19. The van der Waals surface area contributed by atoms with E-state index in [1.54, 1.807) is 4.90 Å². The van der Waals surface area contributed by atoms with Gasteiger partial charge in [0.1, 0.15) is 0 Å². The number of hydrogen-bond acceptors (Lipinski definition) is 3. The van der Waals surface area contributed by atoms with Crippen molar-refractivity contribution < 1.29 is 9.53 Å². The second kappa shape index (κ2) is 9.50. The maximum atomic E-state index is 11.6. The summed E-state index contributed by atoms with van der Waals surface area (Å²) in [5.74, 6) is 2.49. The molecule has 0 aromatic heterocycles. The fourth-order valence-electron chi connectivity index (χ4n) is 1.13. The molecule has 0 fully saturated rings. The summed E-state index contributed by atoms with van der Waals surface area (Å²) in [6, 6.07) is 0. The minimum Gasteiger partial charge on any atom is -0.380 e. The number of carbonyl (C=O) groups excluding carboxylic acids is 1. The zero-order chi connectivity index (χ0) is 11.5. The Bertz CT molecular complexity index is 211. The lowest BCUT2D eigenvalue weighted by atomic mass is 10.4.